The SMILES string of the molecule is O=C1S/C(=C\c2ccccc2Sc2ccc(Cl)cc2)C(=O)N1Cc1ccc(F)cc1Cl. The Labute approximate surface area is 197 Å². The molecule has 4 rings (SSSR count). The van der Waals surface area contributed by atoms with E-state index in [9.17, 15) is 14.0 Å². The van der Waals surface area contributed by atoms with Crippen LogP contribution < -0.4 is 0 Å². The average molecular weight is 490 g/mol. The summed E-state index contributed by atoms with van der Waals surface area (Å²) >= 11 is 14.4. The van der Waals surface area contributed by atoms with E-state index >= 15 is 0 Å². The summed E-state index contributed by atoms with van der Waals surface area (Å²) < 4.78 is 13.3. The lowest BCUT2D eigenvalue weighted by atomic mass is 10.2. The van der Waals surface area contributed by atoms with Crippen molar-refractivity contribution in [3.05, 3.63) is 98.6 Å². The highest BCUT2D eigenvalue weighted by Crippen LogP contribution is 2.37. The van der Waals surface area contributed by atoms with Gasteiger partial charge in [-0.1, -0.05) is 59.2 Å². The Morgan fingerprint density at radius 3 is 2.48 bits per heavy atom. The molecule has 0 bridgehead atoms. The van der Waals surface area contributed by atoms with Crippen molar-refractivity contribution in [1.29, 1.82) is 0 Å². The summed E-state index contributed by atoms with van der Waals surface area (Å²) in [6, 6.07) is 19.0. The van der Waals surface area contributed by atoms with Gasteiger partial charge in [0.1, 0.15) is 5.82 Å². The minimum atomic E-state index is -0.474. The Bertz CT molecular complexity index is 1200. The Hall–Kier alpha value is -2.25. The Morgan fingerprint density at radius 1 is 1.00 bits per heavy atom. The molecule has 0 radical (unpaired) electrons. The van der Waals surface area contributed by atoms with Crippen molar-refractivity contribution in [1.82, 2.24) is 4.90 Å². The van der Waals surface area contributed by atoms with Crippen molar-refractivity contribution in [2.45, 2.75) is 16.3 Å². The second kappa shape index (κ2) is 9.49. The predicted octanol–water partition coefficient (Wildman–Crippen LogP) is 7.52. The molecule has 2 amide bonds. The monoisotopic (exact) mass is 489 g/mol. The molecule has 0 saturated carbocycles. The quantitative estimate of drug-likeness (QED) is 0.347. The van der Waals surface area contributed by atoms with Gasteiger partial charge in [-0.15, -0.1) is 0 Å². The summed E-state index contributed by atoms with van der Waals surface area (Å²) in [5, 5.41) is 0.444. The first kappa shape index (κ1) is 22.0. The van der Waals surface area contributed by atoms with Gasteiger partial charge in [-0.2, -0.15) is 0 Å². The van der Waals surface area contributed by atoms with E-state index in [1.165, 1.54) is 23.9 Å². The smallest absolute Gasteiger partial charge is 0.268 e. The third-order valence-corrected chi connectivity index (χ3v) is 7.07. The number of benzene rings is 3. The van der Waals surface area contributed by atoms with Gasteiger partial charge in [-0.25, -0.2) is 4.39 Å². The first-order chi connectivity index (χ1) is 14.9. The van der Waals surface area contributed by atoms with E-state index in [0.29, 0.717) is 15.5 Å². The van der Waals surface area contributed by atoms with Crippen molar-refractivity contribution in [2.75, 3.05) is 0 Å². The fraction of sp³-hybridized carbons (Fsp3) is 0.0435. The van der Waals surface area contributed by atoms with Gasteiger partial charge in [0.05, 0.1) is 11.4 Å². The summed E-state index contributed by atoms with van der Waals surface area (Å²) in [4.78, 5) is 28.7. The molecule has 1 aliphatic heterocycles. The Kier molecular flexibility index (Phi) is 6.72. The van der Waals surface area contributed by atoms with Crippen molar-refractivity contribution in [2.24, 2.45) is 0 Å². The number of imide groups is 1. The van der Waals surface area contributed by atoms with Crippen LogP contribution in [0.5, 0.6) is 0 Å². The standard InChI is InChI=1S/C23H14Cl2FNO2S2/c24-16-6-9-18(10-7-16)30-20-4-2-1-3-14(20)11-21-22(28)27(23(29)31-21)13-15-5-8-17(26)12-19(15)25/h1-12H,13H2/b21-11-. The molecule has 1 saturated heterocycles. The number of nitrogens with zero attached hydrogens (tertiary/aromatic N) is 1. The van der Waals surface area contributed by atoms with E-state index in [4.69, 9.17) is 23.2 Å². The maximum atomic E-state index is 13.3. The molecule has 0 aliphatic carbocycles. The molecule has 3 aromatic carbocycles. The van der Waals surface area contributed by atoms with Crippen LogP contribution in [0.1, 0.15) is 11.1 Å². The van der Waals surface area contributed by atoms with Gasteiger partial charge in [-0.3, -0.25) is 14.5 Å². The highest BCUT2D eigenvalue weighted by Gasteiger charge is 2.35. The van der Waals surface area contributed by atoms with Crippen LogP contribution in [0.3, 0.4) is 0 Å². The number of hydrogen-bond donors (Lipinski definition) is 0. The average Bonchev–Trinajstić information content (AvgIpc) is 3.00. The zero-order chi connectivity index (χ0) is 22.0. The molecule has 156 valence electrons. The van der Waals surface area contributed by atoms with E-state index < -0.39 is 11.7 Å². The van der Waals surface area contributed by atoms with Crippen LogP contribution in [-0.2, 0) is 11.3 Å². The normalized spacial score (nSPS) is 15.2. The first-order valence-electron chi connectivity index (χ1n) is 9.12. The van der Waals surface area contributed by atoms with E-state index in [0.717, 1.165) is 38.1 Å². The molecular weight excluding hydrogens is 476 g/mol. The predicted molar refractivity (Wildman–Crippen MR) is 125 cm³/mol. The summed E-state index contributed by atoms with van der Waals surface area (Å²) in [6.07, 6.45) is 1.72. The highest BCUT2D eigenvalue weighted by molar-refractivity contribution is 8.18. The van der Waals surface area contributed by atoms with Crippen molar-refractivity contribution in [3.63, 3.8) is 0 Å². The highest BCUT2D eigenvalue weighted by atomic mass is 35.5. The summed E-state index contributed by atoms with van der Waals surface area (Å²) in [6.45, 7) is -0.0116. The molecule has 0 aromatic heterocycles. The van der Waals surface area contributed by atoms with Gasteiger partial charge in [0.25, 0.3) is 11.1 Å². The minimum Gasteiger partial charge on any atom is -0.268 e. The fourth-order valence-corrected chi connectivity index (χ4v) is 5.02. The van der Waals surface area contributed by atoms with Crippen LogP contribution >= 0.6 is 46.7 Å². The number of thioether (sulfide) groups is 1. The van der Waals surface area contributed by atoms with E-state index in [1.807, 2.05) is 48.5 Å². The first-order valence-corrected chi connectivity index (χ1v) is 11.5. The largest absolute Gasteiger partial charge is 0.293 e. The second-order valence-electron chi connectivity index (χ2n) is 6.60. The van der Waals surface area contributed by atoms with Crippen LogP contribution in [0, 0.1) is 5.82 Å². The number of amides is 2. The summed E-state index contributed by atoms with van der Waals surface area (Å²) in [5.41, 5.74) is 1.33. The van der Waals surface area contributed by atoms with Gasteiger partial charge >= 0.3 is 0 Å². The number of carbonyl (C=O) groups is 2. The Balaban J connectivity index is 1.57. The molecule has 1 fully saturated rings. The zero-order valence-corrected chi connectivity index (χ0v) is 19.0. The molecule has 1 aliphatic rings. The Morgan fingerprint density at radius 2 is 1.74 bits per heavy atom. The molecule has 8 heteroatoms. The van der Waals surface area contributed by atoms with Crippen molar-refractivity contribution in [3.8, 4) is 0 Å². The molecule has 0 unspecified atom stereocenters. The number of hydrogen-bond acceptors (Lipinski definition) is 4. The van der Waals surface area contributed by atoms with Crippen LogP contribution in [0.2, 0.25) is 10.0 Å². The lowest BCUT2D eigenvalue weighted by Gasteiger charge is -2.13. The molecule has 1 heterocycles. The van der Waals surface area contributed by atoms with Gasteiger partial charge in [0.2, 0.25) is 0 Å². The molecule has 31 heavy (non-hydrogen) atoms. The van der Waals surface area contributed by atoms with Gasteiger partial charge in [-0.05, 0) is 71.4 Å². The molecular formula is C23H14Cl2FNO2S2. The lowest BCUT2D eigenvalue weighted by molar-refractivity contribution is -0.123. The van der Waals surface area contributed by atoms with Crippen LogP contribution in [0.4, 0.5) is 9.18 Å². The van der Waals surface area contributed by atoms with Crippen LogP contribution in [0.25, 0.3) is 6.08 Å². The zero-order valence-electron chi connectivity index (χ0n) is 15.8. The summed E-state index contributed by atoms with van der Waals surface area (Å²) in [5.74, 6) is -0.876. The van der Waals surface area contributed by atoms with Gasteiger partial charge in [0, 0.05) is 19.8 Å². The van der Waals surface area contributed by atoms with E-state index in [-0.39, 0.29) is 16.8 Å². The number of rotatable bonds is 5. The van der Waals surface area contributed by atoms with Crippen molar-refractivity contribution >= 4 is 63.9 Å². The number of halogens is 3. The topological polar surface area (TPSA) is 37.4 Å². The van der Waals surface area contributed by atoms with E-state index in [1.54, 1.807) is 6.08 Å². The molecule has 3 aromatic rings. The fourth-order valence-electron chi connectivity index (χ4n) is 2.92. The van der Waals surface area contributed by atoms with Crippen LogP contribution in [0.15, 0.2) is 81.4 Å². The van der Waals surface area contributed by atoms with Gasteiger partial charge < -0.3 is 0 Å². The second-order valence-corrected chi connectivity index (χ2v) is 9.55. The molecule has 0 spiro atoms. The maximum Gasteiger partial charge on any atom is 0.293 e. The third-order valence-electron chi connectivity index (χ3n) is 4.46. The third kappa shape index (κ3) is 5.15. The summed E-state index contributed by atoms with van der Waals surface area (Å²) in [7, 11) is 0. The van der Waals surface area contributed by atoms with E-state index in [2.05, 4.69) is 0 Å². The molecule has 3 nitrogen and oxygen atoms in total. The van der Waals surface area contributed by atoms with Crippen LogP contribution in [-0.4, -0.2) is 16.0 Å². The van der Waals surface area contributed by atoms with Gasteiger partial charge in [0.15, 0.2) is 0 Å². The maximum absolute atomic E-state index is 13.3. The minimum absolute atomic E-state index is 0.0116. The molecule has 0 atom stereocenters. The lowest BCUT2D eigenvalue weighted by Crippen LogP contribution is -2.27. The van der Waals surface area contributed by atoms with Crippen molar-refractivity contribution < 1.29 is 14.0 Å². The molecule has 0 N–H and O–H groups in total. The number of carbonyl (C=O) groups excluding carboxylic acids is 2.